The van der Waals surface area contributed by atoms with Gasteiger partial charge in [0.25, 0.3) is 5.69 Å². The van der Waals surface area contributed by atoms with E-state index in [-0.39, 0.29) is 18.0 Å². The molecule has 1 aromatic carbocycles. The van der Waals surface area contributed by atoms with Gasteiger partial charge in [-0.2, -0.15) is 0 Å². The van der Waals surface area contributed by atoms with Crippen LogP contribution in [0.25, 0.3) is 0 Å². The standard InChI is InChI=1S/C16H22N2O5/c1-16(2,12-6-8-17-9-7-12)23-15(19)11-22-14-5-3-4-13(10-14)18(20)21/h3-5,10,12,17H,6-9,11H2,1-2H3/p+1. The first kappa shape index (κ1) is 17.2. The molecule has 1 fully saturated rings. The van der Waals surface area contributed by atoms with Crippen molar-refractivity contribution in [2.24, 2.45) is 5.92 Å². The van der Waals surface area contributed by atoms with Crippen LogP contribution in [0.4, 0.5) is 5.69 Å². The highest BCUT2D eigenvalue weighted by atomic mass is 16.6. The molecule has 1 saturated heterocycles. The van der Waals surface area contributed by atoms with Crippen LogP contribution in [-0.2, 0) is 9.53 Å². The van der Waals surface area contributed by atoms with E-state index >= 15 is 0 Å². The van der Waals surface area contributed by atoms with Crippen molar-refractivity contribution in [3.8, 4) is 5.75 Å². The highest BCUT2D eigenvalue weighted by Crippen LogP contribution is 2.28. The fourth-order valence-electron chi connectivity index (χ4n) is 2.86. The molecule has 0 amide bonds. The van der Waals surface area contributed by atoms with Gasteiger partial charge in [-0.05, 0) is 19.9 Å². The van der Waals surface area contributed by atoms with Crippen LogP contribution in [0.2, 0.25) is 0 Å². The molecule has 2 rings (SSSR count). The number of piperidine rings is 1. The van der Waals surface area contributed by atoms with Gasteiger partial charge >= 0.3 is 5.97 Å². The number of nitro benzene ring substituents is 1. The molecule has 0 aliphatic carbocycles. The number of hydrogen-bond acceptors (Lipinski definition) is 5. The lowest BCUT2D eigenvalue weighted by Crippen LogP contribution is -2.86. The summed E-state index contributed by atoms with van der Waals surface area (Å²) in [5.74, 6) is 0.159. The summed E-state index contributed by atoms with van der Waals surface area (Å²) >= 11 is 0. The number of carbonyl (C=O) groups is 1. The molecule has 2 N–H and O–H groups in total. The molecule has 1 heterocycles. The number of ether oxygens (including phenoxy) is 2. The van der Waals surface area contributed by atoms with Crippen molar-refractivity contribution in [3.63, 3.8) is 0 Å². The lowest BCUT2D eigenvalue weighted by molar-refractivity contribution is -0.665. The topological polar surface area (TPSA) is 95.3 Å². The van der Waals surface area contributed by atoms with Crippen molar-refractivity contribution < 1.29 is 24.5 Å². The summed E-state index contributed by atoms with van der Waals surface area (Å²) in [6.45, 7) is 5.69. The summed E-state index contributed by atoms with van der Waals surface area (Å²) in [6, 6.07) is 5.74. The molecule has 0 bridgehead atoms. The number of nitrogens with zero attached hydrogens (tertiary/aromatic N) is 1. The zero-order chi connectivity index (χ0) is 16.9. The average molecular weight is 323 g/mol. The summed E-state index contributed by atoms with van der Waals surface area (Å²) in [7, 11) is 0. The minimum Gasteiger partial charge on any atom is -0.482 e. The van der Waals surface area contributed by atoms with E-state index in [1.165, 1.54) is 18.2 Å². The van der Waals surface area contributed by atoms with Gasteiger partial charge in [0.15, 0.2) is 6.61 Å². The van der Waals surface area contributed by atoms with E-state index in [9.17, 15) is 14.9 Å². The van der Waals surface area contributed by atoms with Crippen LogP contribution in [0.1, 0.15) is 26.7 Å². The Labute approximate surface area is 135 Å². The number of nitro groups is 1. The second-order valence-corrected chi connectivity index (χ2v) is 6.26. The van der Waals surface area contributed by atoms with Crippen LogP contribution < -0.4 is 10.1 Å². The first-order chi connectivity index (χ1) is 10.9. The van der Waals surface area contributed by atoms with Crippen LogP contribution in [0, 0.1) is 16.0 Å². The first-order valence-electron chi connectivity index (χ1n) is 7.79. The molecule has 7 heteroatoms. The molecule has 0 radical (unpaired) electrons. The summed E-state index contributed by atoms with van der Waals surface area (Å²) < 4.78 is 10.9. The van der Waals surface area contributed by atoms with Gasteiger partial charge in [-0.15, -0.1) is 0 Å². The van der Waals surface area contributed by atoms with Crippen molar-refractivity contribution in [1.29, 1.82) is 0 Å². The molecule has 0 atom stereocenters. The summed E-state index contributed by atoms with van der Waals surface area (Å²) in [5, 5.41) is 13.0. The summed E-state index contributed by atoms with van der Waals surface area (Å²) in [5.41, 5.74) is -0.605. The number of non-ortho nitro benzene ring substituents is 1. The Bertz CT molecular complexity index is 567. The number of quaternary nitrogens is 1. The van der Waals surface area contributed by atoms with Gasteiger partial charge in [-0.3, -0.25) is 10.1 Å². The number of rotatable bonds is 6. The van der Waals surface area contributed by atoms with Crippen molar-refractivity contribution in [1.82, 2.24) is 0 Å². The lowest BCUT2D eigenvalue weighted by atomic mass is 9.83. The van der Waals surface area contributed by atoms with Crippen molar-refractivity contribution in [2.75, 3.05) is 19.7 Å². The maximum absolute atomic E-state index is 12.0. The number of benzene rings is 1. The molecule has 126 valence electrons. The number of nitrogens with two attached hydrogens (primary N) is 1. The van der Waals surface area contributed by atoms with Crippen LogP contribution >= 0.6 is 0 Å². The van der Waals surface area contributed by atoms with Gasteiger partial charge in [0, 0.05) is 24.8 Å². The number of carbonyl (C=O) groups excluding carboxylic acids is 1. The highest BCUT2D eigenvalue weighted by Gasteiger charge is 2.35. The molecule has 1 aromatic rings. The Morgan fingerprint density at radius 2 is 2.09 bits per heavy atom. The highest BCUT2D eigenvalue weighted by molar-refractivity contribution is 5.71. The largest absolute Gasteiger partial charge is 0.482 e. The van der Waals surface area contributed by atoms with Gasteiger partial charge in [0.1, 0.15) is 11.4 Å². The minimum atomic E-state index is -0.530. The quantitative estimate of drug-likeness (QED) is 0.483. The molecule has 1 aliphatic rings. The van der Waals surface area contributed by atoms with Crippen LogP contribution in [0.5, 0.6) is 5.75 Å². The molecule has 0 unspecified atom stereocenters. The Hall–Kier alpha value is -2.15. The maximum Gasteiger partial charge on any atom is 0.344 e. The smallest absolute Gasteiger partial charge is 0.344 e. The molecule has 23 heavy (non-hydrogen) atoms. The summed E-state index contributed by atoms with van der Waals surface area (Å²) in [6.07, 6.45) is 2.04. The fourth-order valence-corrected chi connectivity index (χ4v) is 2.86. The second kappa shape index (κ2) is 7.41. The molecule has 0 aromatic heterocycles. The van der Waals surface area contributed by atoms with Crippen molar-refractivity contribution in [2.45, 2.75) is 32.3 Å². The molecule has 7 nitrogen and oxygen atoms in total. The Kier molecular flexibility index (Phi) is 5.54. The first-order valence-corrected chi connectivity index (χ1v) is 7.79. The van der Waals surface area contributed by atoms with E-state index in [1.54, 1.807) is 6.07 Å². The zero-order valence-electron chi connectivity index (χ0n) is 13.5. The number of esters is 1. The third kappa shape index (κ3) is 4.92. The predicted molar refractivity (Wildman–Crippen MR) is 83.1 cm³/mol. The maximum atomic E-state index is 12.0. The molecule has 0 spiro atoms. The molecular formula is C16H23N2O5+. The third-order valence-corrected chi connectivity index (χ3v) is 4.18. The Morgan fingerprint density at radius 3 is 2.74 bits per heavy atom. The normalized spacial score (nSPS) is 15.9. The molecular weight excluding hydrogens is 300 g/mol. The van der Waals surface area contributed by atoms with Crippen molar-refractivity contribution >= 4 is 11.7 Å². The van der Waals surface area contributed by atoms with Crippen LogP contribution in [0.15, 0.2) is 24.3 Å². The summed E-state index contributed by atoms with van der Waals surface area (Å²) in [4.78, 5) is 22.2. The van der Waals surface area contributed by atoms with E-state index in [1.807, 2.05) is 13.8 Å². The lowest BCUT2D eigenvalue weighted by Gasteiger charge is -2.35. The van der Waals surface area contributed by atoms with Gasteiger partial charge < -0.3 is 14.8 Å². The van der Waals surface area contributed by atoms with E-state index in [2.05, 4.69) is 5.32 Å². The van der Waals surface area contributed by atoms with E-state index in [4.69, 9.17) is 9.47 Å². The van der Waals surface area contributed by atoms with Crippen LogP contribution in [0.3, 0.4) is 0 Å². The van der Waals surface area contributed by atoms with E-state index in [0.717, 1.165) is 25.9 Å². The van der Waals surface area contributed by atoms with Crippen LogP contribution in [-0.4, -0.2) is 36.2 Å². The van der Waals surface area contributed by atoms with Gasteiger partial charge in [-0.1, -0.05) is 6.07 Å². The van der Waals surface area contributed by atoms with Gasteiger partial charge in [-0.25, -0.2) is 4.79 Å². The molecule has 0 saturated carbocycles. The van der Waals surface area contributed by atoms with Gasteiger partial charge in [0.05, 0.1) is 24.1 Å². The van der Waals surface area contributed by atoms with E-state index < -0.39 is 16.5 Å². The fraction of sp³-hybridized carbons (Fsp3) is 0.562. The predicted octanol–water partition coefficient (Wildman–Crippen LogP) is 1.27. The average Bonchev–Trinajstić information content (AvgIpc) is 2.53. The third-order valence-electron chi connectivity index (χ3n) is 4.18. The number of hydrogen-bond donors (Lipinski definition) is 1. The second-order valence-electron chi connectivity index (χ2n) is 6.26. The monoisotopic (exact) mass is 323 g/mol. The Balaban J connectivity index is 1.87. The Morgan fingerprint density at radius 1 is 1.39 bits per heavy atom. The van der Waals surface area contributed by atoms with E-state index in [0.29, 0.717) is 5.92 Å². The van der Waals surface area contributed by atoms with Crippen molar-refractivity contribution in [3.05, 3.63) is 34.4 Å². The zero-order valence-corrected chi connectivity index (χ0v) is 13.5. The molecule has 1 aliphatic heterocycles. The minimum absolute atomic E-state index is 0.0744. The SMILES string of the molecule is CC(C)(OC(=O)COc1cccc([N+](=O)[O-])c1)C1CC[NH2+]CC1. The van der Waals surface area contributed by atoms with Gasteiger partial charge in [0.2, 0.25) is 0 Å².